The monoisotopic (exact) mass is 247 g/mol. The van der Waals surface area contributed by atoms with Crippen LogP contribution in [0, 0.1) is 16.7 Å². The second kappa shape index (κ2) is 4.35. The van der Waals surface area contributed by atoms with E-state index in [2.05, 4.69) is 19.9 Å². The maximum absolute atomic E-state index is 9.53. The quantitative estimate of drug-likeness (QED) is 0.759. The SMILES string of the molecule is CCC1(CC)CC(C#N)(c2ccccc2Cl)C1. The average molecular weight is 248 g/mol. The van der Waals surface area contributed by atoms with Gasteiger partial charge in [-0.1, -0.05) is 56.5 Å². The Bertz CT molecular complexity index is 446. The van der Waals surface area contributed by atoms with E-state index in [-0.39, 0.29) is 5.41 Å². The van der Waals surface area contributed by atoms with Crippen molar-refractivity contribution < 1.29 is 0 Å². The maximum Gasteiger partial charge on any atom is 0.0847 e. The van der Waals surface area contributed by atoms with Crippen LogP contribution in [0.4, 0.5) is 0 Å². The number of hydrogen-bond donors (Lipinski definition) is 0. The van der Waals surface area contributed by atoms with Crippen LogP contribution in [0.3, 0.4) is 0 Å². The molecular weight excluding hydrogens is 230 g/mol. The van der Waals surface area contributed by atoms with E-state index in [0.29, 0.717) is 5.41 Å². The molecule has 2 rings (SSSR count). The summed E-state index contributed by atoms with van der Waals surface area (Å²) in [4.78, 5) is 0. The molecule has 1 fully saturated rings. The molecule has 1 nitrogen and oxygen atoms in total. The fourth-order valence-electron chi connectivity index (χ4n) is 3.16. The van der Waals surface area contributed by atoms with Gasteiger partial charge in [-0.05, 0) is 29.9 Å². The number of rotatable bonds is 3. The van der Waals surface area contributed by atoms with Crippen molar-refractivity contribution in [1.82, 2.24) is 0 Å². The average Bonchev–Trinajstić information content (AvgIpc) is 2.32. The Morgan fingerprint density at radius 3 is 2.29 bits per heavy atom. The molecule has 0 atom stereocenters. The Morgan fingerprint density at radius 1 is 1.24 bits per heavy atom. The molecule has 17 heavy (non-hydrogen) atoms. The molecule has 0 saturated heterocycles. The predicted molar refractivity (Wildman–Crippen MR) is 71.0 cm³/mol. The van der Waals surface area contributed by atoms with Crippen LogP contribution in [0.2, 0.25) is 5.02 Å². The van der Waals surface area contributed by atoms with Crippen LogP contribution >= 0.6 is 11.6 Å². The molecule has 1 aromatic carbocycles. The summed E-state index contributed by atoms with van der Waals surface area (Å²) >= 11 is 6.23. The summed E-state index contributed by atoms with van der Waals surface area (Å²) in [6.07, 6.45) is 4.20. The van der Waals surface area contributed by atoms with Gasteiger partial charge in [-0.2, -0.15) is 5.26 Å². The molecule has 0 spiro atoms. The van der Waals surface area contributed by atoms with Crippen LogP contribution in [0.1, 0.15) is 45.1 Å². The van der Waals surface area contributed by atoms with Gasteiger partial charge in [0.2, 0.25) is 0 Å². The Balaban J connectivity index is 2.33. The lowest BCUT2D eigenvalue weighted by Gasteiger charge is -2.53. The highest BCUT2D eigenvalue weighted by Gasteiger charge is 2.54. The second-order valence-corrected chi connectivity index (χ2v) is 5.64. The molecule has 0 N–H and O–H groups in total. The molecule has 0 bridgehead atoms. The number of benzene rings is 1. The van der Waals surface area contributed by atoms with Crippen molar-refractivity contribution in [2.45, 2.75) is 44.9 Å². The fourth-order valence-corrected chi connectivity index (χ4v) is 3.47. The van der Waals surface area contributed by atoms with E-state index >= 15 is 0 Å². The minimum absolute atomic E-state index is 0.343. The summed E-state index contributed by atoms with van der Waals surface area (Å²) in [5, 5.41) is 10.3. The van der Waals surface area contributed by atoms with Gasteiger partial charge in [-0.3, -0.25) is 0 Å². The lowest BCUT2D eigenvalue weighted by Crippen LogP contribution is -2.48. The van der Waals surface area contributed by atoms with Crippen molar-refractivity contribution in [3.05, 3.63) is 34.9 Å². The zero-order valence-electron chi connectivity index (χ0n) is 10.5. The molecule has 0 radical (unpaired) electrons. The topological polar surface area (TPSA) is 23.8 Å². The molecule has 2 heteroatoms. The van der Waals surface area contributed by atoms with Gasteiger partial charge < -0.3 is 0 Å². The molecule has 0 aliphatic heterocycles. The van der Waals surface area contributed by atoms with Gasteiger partial charge in [0.1, 0.15) is 0 Å². The van der Waals surface area contributed by atoms with Crippen LogP contribution in [0.15, 0.2) is 24.3 Å². The lowest BCUT2D eigenvalue weighted by molar-refractivity contribution is 0.0480. The van der Waals surface area contributed by atoms with Crippen molar-refractivity contribution >= 4 is 11.6 Å². The third kappa shape index (κ3) is 1.85. The first-order valence-electron chi connectivity index (χ1n) is 6.28. The number of nitriles is 1. The van der Waals surface area contributed by atoms with Crippen LogP contribution in [0.25, 0.3) is 0 Å². The highest BCUT2D eigenvalue weighted by atomic mass is 35.5. The van der Waals surface area contributed by atoms with Gasteiger partial charge in [-0.15, -0.1) is 0 Å². The van der Waals surface area contributed by atoms with Crippen molar-refractivity contribution in [1.29, 1.82) is 5.26 Å². The molecule has 0 amide bonds. The van der Waals surface area contributed by atoms with E-state index in [0.717, 1.165) is 36.3 Å². The molecule has 0 heterocycles. The second-order valence-electron chi connectivity index (χ2n) is 5.23. The molecule has 1 aromatic rings. The summed E-state index contributed by atoms with van der Waals surface area (Å²) in [6.45, 7) is 4.44. The van der Waals surface area contributed by atoms with Crippen LogP contribution < -0.4 is 0 Å². The summed E-state index contributed by atoms with van der Waals surface area (Å²) in [5.74, 6) is 0. The molecule has 90 valence electrons. The van der Waals surface area contributed by atoms with Gasteiger partial charge in [0.25, 0.3) is 0 Å². The van der Waals surface area contributed by atoms with Crippen molar-refractivity contribution in [3.63, 3.8) is 0 Å². The predicted octanol–water partition coefficient (Wildman–Crippen LogP) is 4.70. The largest absolute Gasteiger partial charge is 0.197 e. The van der Waals surface area contributed by atoms with Gasteiger partial charge in [0, 0.05) is 5.02 Å². The van der Waals surface area contributed by atoms with Crippen LogP contribution in [0.5, 0.6) is 0 Å². The Hall–Kier alpha value is -1.00. The summed E-state index contributed by atoms with van der Waals surface area (Å²) in [5.41, 5.74) is 1.03. The van der Waals surface area contributed by atoms with Gasteiger partial charge in [0.15, 0.2) is 0 Å². The van der Waals surface area contributed by atoms with Gasteiger partial charge in [0.05, 0.1) is 11.5 Å². The Morgan fingerprint density at radius 2 is 1.82 bits per heavy atom. The fraction of sp³-hybridized carbons (Fsp3) is 0.533. The van der Waals surface area contributed by atoms with Crippen LogP contribution in [-0.2, 0) is 5.41 Å². The molecule has 1 saturated carbocycles. The normalized spacial score (nSPS) is 20.4. The highest BCUT2D eigenvalue weighted by Crippen LogP contribution is 2.59. The van der Waals surface area contributed by atoms with Crippen molar-refractivity contribution in [2.75, 3.05) is 0 Å². The zero-order chi connectivity index (χ0) is 12.5. The summed E-state index contributed by atoms with van der Waals surface area (Å²) in [6, 6.07) is 10.3. The van der Waals surface area contributed by atoms with Crippen molar-refractivity contribution in [3.8, 4) is 6.07 Å². The first-order chi connectivity index (χ1) is 8.11. The van der Waals surface area contributed by atoms with E-state index in [9.17, 15) is 5.26 Å². The molecular formula is C15H18ClN. The number of halogens is 1. The first-order valence-corrected chi connectivity index (χ1v) is 6.65. The first kappa shape index (κ1) is 12.5. The highest BCUT2D eigenvalue weighted by molar-refractivity contribution is 6.31. The maximum atomic E-state index is 9.53. The standard InChI is InChI=1S/C15H18ClN/c1-3-14(4-2)9-15(10-14,11-17)12-7-5-6-8-13(12)16/h5-8H,3-4,9-10H2,1-2H3. The van der Waals surface area contributed by atoms with E-state index in [1.807, 2.05) is 24.3 Å². The summed E-state index contributed by atoms with van der Waals surface area (Å²) < 4.78 is 0. The number of nitrogens with zero attached hydrogens (tertiary/aromatic N) is 1. The van der Waals surface area contributed by atoms with Crippen LogP contribution in [-0.4, -0.2) is 0 Å². The minimum Gasteiger partial charge on any atom is -0.197 e. The van der Waals surface area contributed by atoms with E-state index in [1.54, 1.807) is 0 Å². The molecule has 1 aliphatic carbocycles. The third-order valence-electron chi connectivity index (χ3n) is 4.46. The number of hydrogen-bond acceptors (Lipinski definition) is 1. The lowest BCUT2D eigenvalue weighted by atomic mass is 9.49. The third-order valence-corrected chi connectivity index (χ3v) is 4.79. The Labute approximate surface area is 108 Å². The van der Waals surface area contributed by atoms with Gasteiger partial charge in [-0.25, -0.2) is 0 Å². The molecule has 1 aliphatic rings. The molecule has 0 aromatic heterocycles. The smallest absolute Gasteiger partial charge is 0.0847 e. The zero-order valence-corrected chi connectivity index (χ0v) is 11.2. The minimum atomic E-state index is -0.343. The summed E-state index contributed by atoms with van der Waals surface area (Å²) in [7, 11) is 0. The van der Waals surface area contributed by atoms with Gasteiger partial charge >= 0.3 is 0 Å². The Kier molecular flexibility index (Phi) is 3.19. The van der Waals surface area contributed by atoms with E-state index < -0.39 is 0 Å². The van der Waals surface area contributed by atoms with E-state index in [1.165, 1.54) is 0 Å². The van der Waals surface area contributed by atoms with E-state index in [4.69, 9.17) is 11.6 Å². The van der Waals surface area contributed by atoms with Crippen molar-refractivity contribution in [2.24, 2.45) is 5.41 Å². The molecule has 0 unspecified atom stereocenters.